The van der Waals surface area contributed by atoms with Crippen LogP contribution >= 0.6 is 0 Å². The third-order valence-electron chi connectivity index (χ3n) is 0.940. The van der Waals surface area contributed by atoms with Crippen LogP contribution in [0.1, 0.15) is 5.56 Å². The molecule has 0 aliphatic rings. The summed E-state index contributed by atoms with van der Waals surface area (Å²) in [5.74, 6) is 0. The van der Waals surface area contributed by atoms with Crippen LogP contribution in [0.4, 0.5) is 0 Å². The monoisotopic (exact) mass is 157 g/mol. The number of rotatable bonds is 0. The molecule has 4 heteroatoms. The topological polar surface area (TPSA) is 58.7 Å². The fourth-order valence-corrected chi connectivity index (χ4v) is 0.534. The number of hydrogen-bond donors (Lipinski definition) is 0. The van der Waals surface area contributed by atoms with Gasteiger partial charge in [0, 0.05) is 0 Å². The van der Waals surface area contributed by atoms with E-state index in [4.69, 9.17) is 11.1 Å². The van der Waals surface area contributed by atoms with E-state index < -0.39 is 0 Å². The Balaban J connectivity index is 0. The van der Waals surface area contributed by atoms with Gasteiger partial charge >= 0.3 is 29.6 Å². The van der Waals surface area contributed by atoms with Crippen molar-refractivity contribution in [1.82, 2.24) is 0 Å². The van der Waals surface area contributed by atoms with Crippen LogP contribution in [0.3, 0.4) is 0 Å². The van der Waals surface area contributed by atoms with Crippen LogP contribution in [0.2, 0.25) is 0 Å². The van der Waals surface area contributed by atoms with E-state index in [0.717, 1.165) is 0 Å². The Morgan fingerprint density at radius 1 is 1.09 bits per heavy atom. The normalized spacial score (nSPS) is 6.27. The average Bonchev–Trinajstić information content (AvgIpc) is 1.91. The Morgan fingerprint density at radius 2 is 1.45 bits per heavy atom. The van der Waals surface area contributed by atoms with E-state index in [1.165, 1.54) is 10.5 Å². The van der Waals surface area contributed by atoms with Gasteiger partial charge in [0.05, 0.1) is 0 Å². The molecule has 1 aromatic carbocycles. The van der Waals surface area contributed by atoms with Crippen LogP contribution in [-0.4, -0.2) is 0 Å². The summed E-state index contributed by atoms with van der Waals surface area (Å²) in [5.41, 5.74) is 14.8. The first-order valence-electron chi connectivity index (χ1n) is 2.81. The Morgan fingerprint density at radius 3 is 1.64 bits per heavy atom. The molecule has 0 atom stereocenters. The van der Waals surface area contributed by atoms with E-state index in [2.05, 4.69) is 19.1 Å². The predicted octanol–water partition coefficient (Wildman–Crippen LogP) is -0.135. The first-order chi connectivity index (χ1) is 4.81. The maximum atomic E-state index is 6.75. The van der Waals surface area contributed by atoms with Gasteiger partial charge in [-0.1, -0.05) is 35.9 Å². The minimum absolute atomic E-state index is 0. The van der Waals surface area contributed by atoms with Crippen molar-refractivity contribution in [2.75, 3.05) is 0 Å². The molecular weight excluding hydrogens is 149 g/mol. The fraction of sp³-hybridized carbons (Fsp3) is 0.143. The van der Waals surface area contributed by atoms with Crippen LogP contribution in [-0.2, 0) is 0 Å². The molecule has 0 saturated heterocycles. The Kier molecular flexibility index (Phi) is 11.4. The van der Waals surface area contributed by atoms with Crippen molar-refractivity contribution in [3.8, 4) is 0 Å². The molecule has 0 fully saturated rings. The summed E-state index contributed by atoms with van der Waals surface area (Å²) in [6.07, 6.45) is 0. The molecule has 1 aromatic rings. The first-order valence-corrected chi connectivity index (χ1v) is 2.81. The molecule has 0 saturated carbocycles. The summed E-state index contributed by atoms with van der Waals surface area (Å²) in [6, 6.07) is 10.3. The van der Waals surface area contributed by atoms with Crippen molar-refractivity contribution in [2.45, 2.75) is 6.92 Å². The van der Waals surface area contributed by atoms with Gasteiger partial charge in [-0.2, -0.15) is 0 Å². The van der Waals surface area contributed by atoms with Gasteiger partial charge < -0.3 is 11.1 Å². The van der Waals surface area contributed by atoms with Gasteiger partial charge in [-0.3, -0.25) is 4.91 Å². The van der Waals surface area contributed by atoms with Gasteiger partial charge in [0.25, 0.3) is 0 Å². The van der Waals surface area contributed by atoms with E-state index in [1.54, 1.807) is 0 Å². The third-order valence-corrected chi connectivity index (χ3v) is 0.940. The average molecular weight is 157 g/mol. The molecule has 1 rings (SSSR count). The summed E-state index contributed by atoms with van der Waals surface area (Å²) in [4.78, 5) is 1.50. The van der Waals surface area contributed by atoms with Crippen LogP contribution in [0.5, 0.6) is 0 Å². The molecule has 3 nitrogen and oxygen atoms in total. The molecular formula is C7H8N3Na. The van der Waals surface area contributed by atoms with Crippen LogP contribution in [0, 0.1) is 6.92 Å². The molecule has 52 valence electrons. The molecule has 0 unspecified atom stereocenters. The maximum Gasteiger partial charge on any atom is 1.00 e. The molecule has 0 aliphatic heterocycles. The minimum atomic E-state index is 0. The molecule has 11 heavy (non-hydrogen) atoms. The molecule has 0 aromatic heterocycles. The van der Waals surface area contributed by atoms with Crippen molar-refractivity contribution in [2.24, 2.45) is 0 Å². The van der Waals surface area contributed by atoms with Gasteiger partial charge in [0.15, 0.2) is 0 Å². The van der Waals surface area contributed by atoms with Crippen LogP contribution in [0.15, 0.2) is 30.3 Å². The largest absolute Gasteiger partial charge is 1.00 e. The van der Waals surface area contributed by atoms with Gasteiger partial charge in [-0.25, -0.2) is 0 Å². The Hall–Kier alpha value is -0.470. The van der Waals surface area contributed by atoms with Gasteiger partial charge in [0.2, 0.25) is 0 Å². The van der Waals surface area contributed by atoms with Gasteiger partial charge in [-0.15, -0.1) is 0 Å². The summed E-state index contributed by atoms with van der Waals surface area (Å²) in [6.45, 7) is 2.08. The summed E-state index contributed by atoms with van der Waals surface area (Å²) in [5, 5.41) is 0. The summed E-state index contributed by atoms with van der Waals surface area (Å²) in [7, 11) is 0. The minimum Gasteiger partial charge on any atom is -0.373 e. The second-order valence-electron chi connectivity index (χ2n) is 1.74. The van der Waals surface area contributed by atoms with Crippen molar-refractivity contribution in [3.63, 3.8) is 0 Å². The predicted molar refractivity (Wildman–Crippen MR) is 41.3 cm³/mol. The Bertz CT molecular complexity index is 204. The molecule has 0 N–H and O–H groups in total. The molecule has 0 radical (unpaired) electrons. The van der Waals surface area contributed by atoms with Crippen molar-refractivity contribution in [1.29, 1.82) is 0 Å². The Labute approximate surface area is 88.1 Å². The van der Waals surface area contributed by atoms with Gasteiger partial charge in [0.1, 0.15) is 0 Å². The van der Waals surface area contributed by atoms with Gasteiger partial charge in [-0.05, 0) is 6.92 Å². The SMILES string of the molecule is Cc1ccccc1.[N-]=[N+]=[N-].[Na+]. The van der Waals surface area contributed by atoms with E-state index in [-0.39, 0.29) is 29.6 Å². The van der Waals surface area contributed by atoms with Crippen LogP contribution in [0.25, 0.3) is 16.0 Å². The number of aryl methyl sites for hydroxylation is 1. The number of benzene rings is 1. The van der Waals surface area contributed by atoms with E-state index in [0.29, 0.717) is 0 Å². The quantitative estimate of drug-likeness (QED) is 0.218. The second-order valence-corrected chi connectivity index (χ2v) is 1.74. The molecule has 0 aliphatic carbocycles. The van der Waals surface area contributed by atoms with Crippen LogP contribution < -0.4 is 29.6 Å². The van der Waals surface area contributed by atoms with Crippen molar-refractivity contribution >= 4 is 0 Å². The standard InChI is InChI=1S/C7H8.N3.Na/c1-7-5-3-2-4-6-7;1-3-2;/h2-6H,1H3;;/q;-1;+1. The zero-order chi connectivity index (χ0) is 7.82. The van der Waals surface area contributed by atoms with E-state index in [1.807, 2.05) is 18.2 Å². The molecule has 0 heterocycles. The van der Waals surface area contributed by atoms with E-state index >= 15 is 0 Å². The zero-order valence-electron chi connectivity index (χ0n) is 6.73. The third kappa shape index (κ3) is 9.53. The smallest absolute Gasteiger partial charge is 0.373 e. The zero-order valence-corrected chi connectivity index (χ0v) is 8.73. The maximum absolute atomic E-state index is 6.75. The second kappa shape index (κ2) is 9.53. The first kappa shape index (κ1) is 13.1. The molecule has 0 bridgehead atoms. The fourth-order valence-electron chi connectivity index (χ4n) is 0.534. The number of hydrogen-bond acceptors (Lipinski definition) is 0. The summed E-state index contributed by atoms with van der Waals surface area (Å²) >= 11 is 0. The molecule has 0 amide bonds. The van der Waals surface area contributed by atoms with Crippen molar-refractivity contribution < 1.29 is 29.6 Å². The summed E-state index contributed by atoms with van der Waals surface area (Å²) < 4.78 is 0. The van der Waals surface area contributed by atoms with Crippen molar-refractivity contribution in [3.05, 3.63) is 51.9 Å². The number of nitrogens with zero attached hydrogens (tertiary/aromatic N) is 3. The van der Waals surface area contributed by atoms with E-state index in [9.17, 15) is 0 Å². The molecule has 0 spiro atoms.